The molecule has 0 aliphatic heterocycles. The van der Waals surface area contributed by atoms with E-state index in [9.17, 15) is 13.2 Å². The number of hydrogen-bond acceptors (Lipinski definition) is 3. The van der Waals surface area contributed by atoms with Crippen molar-refractivity contribution >= 4 is 0 Å². The molecule has 0 saturated carbocycles. The van der Waals surface area contributed by atoms with E-state index in [1.807, 2.05) is 0 Å². The summed E-state index contributed by atoms with van der Waals surface area (Å²) in [5.74, 6) is 0. The number of halogens is 3. The summed E-state index contributed by atoms with van der Waals surface area (Å²) in [4.78, 5) is 4.01. The van der Waals surface area contributed by atoms with E-state index in [4.69, 9.17) is 4.74 Å². The Labute approximate surface area is 97.8 Å². The quantitative estimate of drug-likeness (QED) is 0.748. The maximum Gasteiger partial charge on any atom is 0.390 e. The molecule has 0 spiro atoms. The van der Waals surface area contributed by atoms with Crippen LogP contribution in [0.5, 0.6) is 0 Å². The number of imidazole rings is 1. The van der Waals surface area contributed by atoms with Gasteiger partial charge in [-0.1, -0.05) is 0 Å². The molecule has 1 heterocycles. The Kier molecular flexibility index (Phi) is 5.43. The molecule has 0 radical (unpaired) electrons. The first-order chi connectivity index (χ1) is 8.01. The minimum atomic E-state index is -4.12. The first-order valence-electron chi connectivity index (χ1n) is 5.28. The van der Waals surface area contributed by atoms with E-state index in [0.717, 1.165) is 5.69 Å². The zero-order chi connectivity index (χ0) is 12.7. The Morgan fingerprint density at radius 2 is 2.24 bits per heavy atom. The average Bonchev–Trinajstić information content (AvgIpc) is 2.69. The van der Waals surface area contributed by atoms with Crippen LogP contribution in [0.2, 0.25) is 0 Å². The highest BCUT2D eigenvalue weighted by Gasteiger charge is 2.26. The summed E-state index contributed by atoms with van der Waals surface area (Å²) in [6, 6.07) is 0. The van der Waals surface area contributed by atoms with Crippen LogP contribution in [0.25, 0.3) is 0 Å². The molecule has 0 aliphatic carbocycles. The third-order valence-electron chi connectivity index (χ3n) is 2.13. The van der Waals surface area contributed by atoms with E-state index < -0.39 is 12.6 Å². The van der Waals surface area contributed by atoms with Crippen LogP contribution in [0.3, 0.4) is 0 Å². The SMILES string of the molecule is COCCNCc1cn(CCC(F)(F)F)cn1. The largest absolute Gasteiger partial charge is 0.390 e. The smallest absolute Gasteiger partial charge is 0.383 e. The minimum Gasteiger partial charge on any atom is -0.383 e. The molecule has 98 valence electrons. The second-order valence-electron chi connectivity index (χ2n) is 3.64. The van der Waals surface area contributed by atoms with Gasteiger partial charge in [-0.3, -0.25) is 0 Å². The molecule has 0 aliphatic rings. The summed E-state index contributed by atoms with van der Waals surface area (Å²) in [5.41, 5.74) is 0.725. The van der Waals surface area contributed by atoms with E-state index >= 15 is 0 Å². The number of rotatable bonds is 7. The second kappa shape index (κ2) is 6.61. The van der Waals surface area contributed by atoms with Gasteiger partial charge in [-0.15, -0.1) is 0 Å². The number of nitrogens with zero attached hydrogens (tertiary/aromatic N) is 2. The van der Waals surface area contributed by atoms with Crippen molar-refractivity contribution in [2.75, 3.05) is 20.3 Å². The van der Waals surface area contributed by atoms with Crippen molar-refractivity contribution in [3.63, 3.8) is 0 Å². The minimum absolute atomic E-state index is 0.0887. The Bertz CT molecular complexity index is 325. The van der Waals surface area contributed by atoms with Crippen molar-refractivity contribution in [1.29, 1.82) is 0 Å². The molecule has 0 unspecified atom stereocenters. The number of nitrogens with one attached hydrogen (secondary N) is 1. The third kappa shape index (κ3) is 6.28. The topological polar surface area (TPSA) is 39.1 Å². The number of ether oxygens (including phenoxy) is 1. The highest BCUT2D eigenvalue weighted by Crippen LogP contribution is 2.20. The van der Waals surface area contributed by atoms with Crippen LogP contribution in [0.4, 0.5) is 13.2 Å². The summed E-state index contributed by atoms with van der Waals surface area (Å²) >= 11 is 0. The van der Waals surface area contributed by atoms with E-state index in [0.29, 0.717) is 19.7 Å². The van der Waals surface area contributed by atoms with Gasteiger partial charge in [0.1, 0.15) is 0 Å². The fraction of sp³-hybridized carbons (Fsp3) is 0.700. The third-order valence-corrected chi connectivity index (χ3v) is 2.13. The van der Waals surface area contributed by atoms with Gasteiger partial charge < -0.3 is 14.6 Å². The maximum atomic E-state index is 12.0. The van der Waals surface area contributed by atoms with E-state index in [2.05, 4.69) is 10.3 Å². The summed E-state index contributed by atoms with van der Waals surface area (Å²) in [6.45, 7) is 1.72. The van der Waals surface area contributed by atoms with Gasteiger partial charge >= 0.3 is 6.18 Å². The van der Waals surface area contributed by atoms with Crippen molar-refractivity contribution in [1.82, 2.24) is 14.9 Å². The molecule has 1 aromatic rings. The lowest BCUT2D eigenvalue weighted by atomic mass is 10.4. The van der Waals surface area contributed by atoms with Crippen molar-refractivity contribution in [2.45, 2.75) is 25.7 Å². The van der Waals surface area contributed by atoms with Gasteiger partial charge in [0, 0.05) is 32.9 Å². The number of hydrogen-bond donors (Lipinski definition) is 1. The van der Waals surface area contributed by atoms with Crippen LogP contribution in [0, 0.1) is 0 Å². The van der Waals surface area contributed by atoms with Crippen molar-refractivity contribution in [3.05, 3.63) is 18.2 Å². The molecule has 0 bridgehead atoms. The molecule has 1 aromatic heterocycles. The molecule has 17 heavy (non-hydrogen) atoms. The van der Waals surface area contributed by atoms with Crippen LogP contribution in [-0.4, -0.2) is 36.0 Å². The normalized spacial score (nSPS) is 12.0. The molecule has 0 aromatic carbocycles. The number of alkyl halides is 3. The van der Waals surface area contributed by atoms with Gasteiger partial charge in [0.15, 0.2) is 0 Å². The fourth-order valence-electron chi connectivity index (χ4n) is 1.27. The van der Waals surface area contributed by atoms with E-state index in [1.165, 1.54) is 10.9 Å². The van der Waals surface area contributed by atoms with Crippen LogP contribution >= 0.6 is 0 Å². The van der Waals surface area contributed by atoms with E-state index in [-0.39, 0.29) is 6.54 Å². The number of methoxy groups -OCH3 is 1. The number of aromatic nitrogens is 2. The summed E-state index contributed by atoms with van der Waals surface area (Å²) < 4.78 is 42.2. The molecule has 1 rings (SSSR count). The van der Waals surface area contributed by atoms with Crippen molar-refractivity contribution in [3.8, 4) is 0 Å². The van der Waals surface area contributed by atoms with Crippen LogP contribution in [-0.2, 0) is 17.8 Å². The summed E-state index contributed by atoms with van der Waals surface area (Å²) in [7, 11) is 1.60. The zero-order valence-electron chi connectivity index (χ0n) is 9.63. The summed E-state index contributed by atoms with van der Waals surface area (Å²) in [6.07, 6.45) is -1.92. The molecule has 0 saturated heterocycles. The molecule has 0 atom stereocenters. The lowest BCUT2D eigenvalue weighted by Gasteiger charge is -2.05. The first kappa shape index (κ1) is 14.0. The van der Waals surface area contributed by atoms with Crippen LogP contribution in [0.15, 0.2) is 12.5 Å². The highest BCUT2D eigenvalue weighted by molar-refractivity contribution is 4.96. The Morgan fingerprint density at radius 3 is 2.88 bits per heavy atom. The van der Waals surface area contributed by atoms with Gasteiger partial charge in [-0.25, -0.2) is 4.98 Å². The van der Waals surface area contributed by atoms with Gasteiger partial charge in [-0.2, -0.15) is 13.2 Å². The molecule has 7 heteroatoms. The van der Waals surface area contributed by atoms with Crippen molar-refractivity contribution in [2.24, 2.45) is 0 Å². The average molecular weight is 251 g/mol. The second-order valence-corrected chi connectivity index (χ2v) is 3.64. The Balaban J connectivity index is 2.28. The van der Waals surface area contributed by atoms with Gasteiger partial charge in [0.25, 0.3) is 0 Å². The summed E-state index contributed by atoms with van der Waals surface area (Å²) in [5, 5.41) is 3.07. The fourth-order valence-corrected chi connectivity index (χ4v) is 1.27. The molecule has 0 amide bonds. The highest BCUT2D eigenvalue weighted by atomic mass is 19.4. The molecule has 4 nitrogen and oxygen atoms in total. The van der Waals surface area contributed by atoms with Crippen molar-refractivity contribution < 1.29 is 17.9 Å². The van der Waals surface area contributed by atoms with Gasteiger partial charge in [0.05, 0.1) is 25.0 Å². The molecular weight excluding hydrogens is 235 g/mol. The first-order valence-corrected chi connectivity index (χ1v) is 5.28. The number of aryl methyl sites for hydroxylation is 1. The molecule has 0 fully saturated rings. The lowest BCUT2D eigenvalue weighted by Crippen LogP contribution is -2.18. The van der Waals surface area contributed by atoms with Gasteiger partial charge in [-0.05, 0) is 0 Å². The zero-order valence-corrected chi connectivity index (χ0v) is 9.63. The Morgan fingerprint density at radius 1 is 1.47 bits per heavy atom. The standard InChI is InChI=1S/C10H16F3N3O/c1-17-5-3-14-6-9-7-16(8-15-9)4-2-10(11,12)13/h7-8,14H,2-6H2,1H3. The van der Waals surface area contributed by atoms with Gasteiger partial charge in [0.2, 0.25) is 0 Å². The molecular formula is C10H16F3N3O. The van der Waals surface area contributed by atoms with Crippen LogP contribution in [0.1, 0.15) is 12.1 Å². The molecule has 1 N–H and O–H groups in total. The predicted molar refractivity (Wildman–Crippen MR) is 56.5 cm³/mol. The predicted octanol–water partition coefficient (Wildman–Crippen LogP) is 1.57. The van der Waals surface area contributed by atoms with E-state index in [1.54, 1.807) is 13.3 Å². The maximum absolute atomic E-state index is 12.0. The lowest BCUT2D eigenvalue weighted by molar-refractivity contribution is -0.136. The Hall–Kier alpha value is -1.08. The van der Waals surface area contributed by atoms with Crippen LogP contribution < -0.4 is 5.32 Å². The monoisotopic (exact) mass is 251 g/mol.